The molecule has 1 unspecified atom stereocenters. The molecule has 1 aromatic heterocycles. The second-order valence-electron chi connectivity index (χ2n) is 4.72. The van der Waals surface area contributed by atoms with Crippen LogP contribution in [0.1, 0.15) is 36.7 Å². The van der Waals surface area contributed by atoms with Gasteiger partial charge in [0.2, 0.25) is 5.95 Å². The SMILES string of the molecule is CCc1ccc(C(C)Nc2nccc(C(F)(F)F)n2)cc1. The summed E-state index contributed by atoms with van der Waals surface area (Å²) in [6.07, 6.45) is -2.42. The van der Waals surface area contributed by atoms with E-state index in [1.165, 1.54) is 5.56 Å². The van der Waals surface area contributed by atoms with Gasteiger partial charge in [-0.3, -0.25) is 0 Å². The topological polar surface area (TPSA) is 37.8 Å². The molecule has 0 amide bonds. The van der Waals surface area contributed by atoms with Crippen LogP contribution in [0.2, 0.25) is 0 Å². The van der Waals surface area contributed by atoms with E-state index >= 15 is 0 Å². The lowest BCUT2D eigenvalue weighted by atomic mass is 10.1. The Bertz CT molecular complexity index is 594. The molecule has 0 saturated heterocycles. The van der Waals surface area contributed by atoms with Crippen molar-refractivity contribution in [2.75, 3.05) is 5.32 Å². The number of halogens is 3. The van der Waals surface area contributed by atoms with Crippen molar-refractivity contribution in [3.8, 4) is 0 Å². The average Bonchev–Trinajstić information content (AvgIpc) is 2.47. The summed E-state index contributed by atoms with van der Waals surface area (Å²) in [5.74, 6) is -0.0307. The van der Waals surface area contributed by atoms with Gasteiger partial charge in [0.25, 0.3) is 0 Å². The van der Waals surface area contributed by atoms with Gasteiger partial charge in [-0.25, -0.2) is 9.97 Å². The predicted octanol–water partition coefficient (Wildman–Crippen LogP) is 4.23. The molecule has 3 nitrogen and oxygen atoms in total. The van der Waals surface area contributed by atoms with Crippen molar-refractivity contribution in [2.45, 2.75) is 32.5 Å². The van der Waals surface area contributed by atoms with Gasteiger partial charge in [-0.15, -0.1) is 0 Å². The fourth-order valence-corrected chi connectivity index (χ4v) is 1.91. The van der Waals surface area contributed by atoms with Crippen molar-refractivity contribution in [1.82, 2.24) is 9.97 Å². The summed E-state index contributed by atoms with van der Waals surface area (Å²) in [7, 11) is 0. The number of aromatic nitrogens is 2. The van der Waals surface area contributed by atoms with E-state index in [0.29, 0.717) is 0 Å². The molecule has 0 fully saturated rings. The number of nitrogens with zero attached hydrogens (tertiary/aromatic N) is 2. The highest BCUT2D eigenvalue weighted by Crippen LogP contribution is 2.28. The van der Waals surface area contributed by atoms with Gasteiger partial charge in [-0.05, 0) is 30.5 Å². The largest absolute Gasteiger partial charge is 0.433 e. The quantitative estimate of drug-likeness (QED) is 0.917. The lowest BCUT2D eigenvalue weighted by Gasteiger charge is -2.15. The zero-order chi connectivity index (χ0) is 15.5. The summed E-state index contributed by atoms with van der Waals surface area (Å²) in [6.45, 7) is 3.91. The maximum absolute atomic E-state index is 12.6. The molecule has 0 aliphatic heterocycles. The summed E-state index contributed by atoms with van der Waals surface area (Å²) in [5.41, 5.74) is 1.23. The number of rotatable bonds is 4. The van der Waals surface area contributed by atoms with Crippen LogP contribution in [0.25, 0.3) is 0 Å². The van der Waals surface area contributed by atoms with Crippen molar-refractivity contribution in [3.63, 3.8) is 0 Å². The van der Waals surface area contributed by atoms with Crippen molar-refractivity contribution in [2.24, 2.45) is 0 Å². The van der Waals surface area contributed by atoms with Crippen LogP contribution in [-0.2, 0) is 12.6 Å². The molecule has 0 radical (unpaired) electrons. The van der Waals surface area contributed by atoms with Crippen LogP contribution in [0.3, 0.4) is 0 Å². The minimum absolute atomic E-state index is 0.0307. The summed E-state index contributed by atoms with van der Waals surface area (Å²) < 4.78 is 37.8. The molecular formula is C15H16F3N3. The smallest absolute Gasteiger partial charge is 0.348 e. The van der Waals surface area contributed by atoms with E-state index in [2.05, 4.69) is 22.2 Å². The van der Waals surface area contributed by atoms with Crippen LogP contribution in [0.5, 0.6) is 0 Å². The molecule has 0 bridgehead atoms. The molecule has 1 aromatic carbocycles. The average molecular weight is 295 g/mol. The molecule has 1 heterocycles. The summed E-state index contributed by atoms with van der Waals surface area (Å²) >= 11 is 0. The van der Waals surface area contributed by atoms with Crippen LogP contribution in [-0.4, -0.2) is 9.97 Å². The van der Waals surface area contributed by atoms with E-state index < -0.39 is 11.9 Å². The molecule has 0 spiro atoms. The van der Waals surface area contributed by atoms with Gasteiger partial charge >= 0.3 is 6.18 Å². The number of aryl methyl sites for hydroxylation is 1. The van der Waals surface area contributed by atoms with Crippen LogP contribution >= 0.6 is 0 Å². The number of hydrogen-bond acceptors (Lipinski definition) is 3. The van der Waals surface area contributed by atoms with E-state index in [1.54, 1.807) is 0 Å². The highest BCUT2D eigenvalue weighted by Gasteiger charge is 2.32. The normalized spacial score (nSPS) is 13.0. The monoisotopic (exact) mass is 295 g/mol. The van der Waals surface area contributed by atoms with Crippen LogP contribution in [0.15, 0.2) is 36.5 Å². The highest BCUT2D eigenvalue weighted by molar-refractivity contribution is 5.33. The molecule has 21 heavy (non-hydrogen) atoms. The Morgan fingerprint density at radius 2 is 1.81 bits per heavy atom. The first-order chi connectivity index (χ1) is 9.90. The Morgan fingerprint density at radius 3 is 2.38 bits per heavy atom. The first-order valence-electron chi connectivity index (χ1n) is 6.65. The van der Waals surface area contributed by atoms with Crippen molar-refractivity contribution in [1.29, 1.82) is 0 Å². The van der Waals surface area contributed by atoms with Gasteiger partial charge in [-0.2, -0.15) is 13.2 Å². The molecule has 0 saturated carbocycles. The predicted molar refractivity (Wildman–Crippen MR) is 74.9 cm³/mol. The fraction of sp³-hybridized carbons (Fsp3) is 0.333. The Balaban J connectivity index is 2.13. The maximum Gasteiger partial charge on any atom is 0.433 e. The third-order valence-corrected chi connectivity index (χ3v) is 3.18. The lowest BCUT2D eigenvalue weighted by molar-refractivity contribution is -0.141. The highest BCUT2D eigenvalue weighted by atomic mass is 19.4. The Hall–Kier alpha value is -2.11. The van der Waals surface area contributed by atoms with E-state index in [0.717, 1.165) is 24.2 Å². The van der Waals surface area contributed by atoms with Crippen LogP contribution < -0.4 is 5.32 Å². The van der Waals surface area contributed by atoms with Gasteiger partial charge in [-0.1, -0.05) is 31.2 Å². The van der Waals surface area contributed by atoms with E-state index in [1.807, 2.05) is 31.2 Å². The summed E-state index contributed by atoms with van der Waals surface area (Å²) in [6, 6.07) is 8.57. The lowest BCUT2D eigenvalue weighted by Crippen LogP contribution is -2.13. The first kappa shape index (κ1) is 15.3. The summed E-state index contributed by atoms with van der Waals surface area (Å²) in [5, 5.41) is 2.89. The van der Waals surface area contributed by atoms with Crippen LogP contribution in [0.4, 0.5) is 19.1 Å². The molecule has 1 N–H and O–H groups in total. The fourth-order valence-electron chi connectivity index (χ4n) is 1.91. The molecule has 0 aliphatic rings. The van der Waals surface area contributed by atoms with Gasteiger partial charge in [0, 0.05) is 6.20 Å². The first-order valence-corrected chi connectivity index (χ1v) is 6.65. The number of benzene rings is 1. The number of alkyl halides is 3. The minimum atomic E-state index is -4.47. The third-order valence-electron chi connectivity index (χ3n) is 3.18. The molecule has 0 aliphatic carbocycles. The van der Waals surface area contributed by atoms with E-state index in [9.17, 15) is 13.2 Å². The number of hydrogen-bond donors (Lipinski definition) is 1. The Kier molecular flexibility index (Phi) is 4.45. The van der Waals surface area contributed by atoms with E-state index in [4.69, 9.17) is 0 Å². The molecule has 112 valence electrons. The van der Waals surface area contributed by atoms with Gasteiger partial charge < -0.3 is 5.32 Å². The van der Waals surface area contributed by atoms with Crippen molar-refractivity contribution in [3.05, 3.63) is 53.3 Å². The van der Waals surface area contributed by atoms with Crippen molar-refractivity contribution >= 4 is 5.95 Å². The Labute approximate surface area is 121 Å². The number of anilines is 1. The molecule has 1 atom stereocenters. The minimum Gasteiger partial charge on any atom is -0.348 e. The van der Waals surface area contributed by atoms with Gasteiger partial charge in [0.15, 0.2) is 0 Å². The molecule has 2 rings (SSSR count). The van der Waals surface area contributed by atoms with Gasteiger partial charge in [0.05, 0.1) is 6.04 Å². The molecular weight excluding hydrogens is 279 g/mol. The second-order valence-corrected chi connectivity index (χ2v) is 4.72. The maximum atomic E-state index is 12.6. The number of nitrogens with one attached hydrogen (secondary N) is 1. The van der Waals surface area contributed by atoms with Gasteiger partial charge in [0.1, 0.15) is 5.69 Å². The zero-order valence-electron chi connectivity index (χ0n) is 11.8. The molecule has 2 aromatic rings. The van der Waals surface area contributed by atoms with Crippen molar-refractivity contribution < 1.29 is 13.2 Å². The Morgan fingerprint density at radius 1 is 1.14 bits per heavy atom. The molecule has 6 heteroatoms. The van der Waals surface area contributed by atoms with Crippen LogP contribution in [0, 0.1) is 0 Å². The van der Waals surface area contributed by atoms with E-state index in [-0.39, 0.29) is 12.0 Å². The standard InChI is InChI=1S/C15H16F3N3/c1-3-11-4-6-12(7-5-11)10(2)20-14-19-9-8-13(21-14)15(16,17)18/h4-10H,3H2,1-2H3,(H,19,20,21). The summed E-state index contributed by atoms with van der Waals surface area (Å²) in [4.78, 5) is 7.33. The third kappa shape index (κ3) is 3.93. The zero-order valence-corrected chi connectivity index (χ0v) is 11.8. The second kappa shape index (κ2) is 6.11.